The summed E-state index contributed by atoms with van der Waals surface area (Å²) in [5.74, 6) is 1.03. The Bertz CT molecular complexity index is 514. The van der Waals surface area contributed by atoms with Crippen LogP contribution in [-0.4, -0.2) is 41.3 Å². The Morgan fingerprint density at radius 2 is 2.27 bits per heavy atom. The highest BCUT2D eigenvalue weighted by atomic mass is 16.6. The van der Waals surface area contributed by atoms with Gasteiger partial charge in [0, 0.05) is 37.3 Å². The molecule has 1 atom stereocenters. The van der Waals surface area contributed by atoms with Gasteiger partial charge in [0.15, 0.2) is 0 Å². The number of carbonyl (C=O) groups excluding carboxylic acids is 1. The fraction of sp³-hybridized carbons (Fsp3) is 0.625. The van der Waals surface area contributed by atoms with Crippen LogP contribution in [0.2, 0.25) is 0 Å². The third-order valence-electron chi connectivity index (χ3n) is 3.50. The quantitative estimate of drug-likeness (QED) is 0.922. The van der Waals surface area contributed by atoms with E-state index in [0.29, 0.717) is 32.2 Å². The second-order valence-corrected chi connectivity index (χ2v) is 6.58. The van der Waals surface area contributed by atoms with Gasteiger partial charge in [-0.2, -0.15) is 0 Å². The summed E-state index contributed by atoms with van der Waals surface area (Å²) in [5, 5.41) is 0. The number of nitrogens with zero attached hydrogens (tertiary/aromatic N) is 2. The Hall–Kier alpha value is -1.82. The zero-order valence-corrected chi connectivity index (χ0v) is 13.5. The van der Waals surface area contributed by atoms with E-state index in [1.54, 1.807) is 17.3 Å². The highest BCUT2D eigenvalue weighted by Crippen LogP contribution is 2.22. The van der Waals surface area contributed by atoms with Crippen LogP contribution in [0.1, 0.15) is 32.8 Å². The largest absolute Gasteiger partial charge is 0.491 e. The van der Waals surface area contributed by atoms with E-state index >= 15 is 0 Å². The van der Waals surface area contributed by atoms with Gasteiger partial charge in [-0.1, -0.05) is 0 Å². The molecule has 1 amide bonds. The van der Waals surface area contributed by atoms with Gasteiger partial charge in [0.25, 0.3) is 0 Å². The van der Waals surface area contributed by atoms with E-state index in [-0.39, 0.29) is 6.09 Å². The van der Waals surface area contributed by atoms with E-state index in [4.69, 9.17) is 15.2 Å². The average Bonchev–Trinajstić information content (AvgIpc) is 2.92. The second kappa shape index (κ2) is 6.96. The molecule has 22 heavy (non-hydrogen) atoms. The van der Waals surface area contributed by atoms with Crippen LogP contribution in [0.4, 0.5) is 4.79 Å². The molecule has 1 aliphatic rings. The maximum atomic E-state index is 12.0. The zero-order chi connectivity index (χ0) is 16.2. The van der Waals surface area contributed by atoms with Crippen molar-refractivity contribution in [1.29, 1.82) is 0 Å². The number of amides is 1. The Kier molecular flexibility index (Phi) is 5.24. The third kappa shape index (κ3) is 4.59. The maximum absolute atomic E-state index is 12.0. The number of pyridine rings is 1. The van der Waals surface area contributed by atoms with Crippen molar-refractivity contribution in [3.63, 3.8) is 0 Å². The minimum Gasteiger partial charge on any atom is -0.491 e. The van der Waals surface area contributed by atoms with Gasteiger partial charge in [-0.25, -0.2) is 4.79 Å². The Balaban J connectivity index is 1.83. The van der Waals surface area contributed by atoms with Crippen LogP contribution in [0.5, 0.6) is 5.75 Å². The van der Waals surface area contributed by atoms with Crippen molar-refractivity contribution in [3.8, 4) is 5.75 Å². The topological polar surface area (TPSA) is 77.7 Å². The maximum Gasteiger partial charge on any atom is 0.410 e. The van der Waals surface area contributed by atoms with Gasteiger partial charge in [0.1, 0.15) is 11.4 Å². The first kappa shape index (κ1) is 16.5. The number of hydrogen-bond donors (Lipinski definition) is 1. The van der Waals surface area contributed by atoms with Crippen LogP contribution in [0.3, 0.4) is 0 Å². The number of likely N-dealkylation sites (tertiary alicyclic amines) is 1. The molecule has 1 fully saturated rings. The van der Waals surface area contributed by atoms with E-state index in [0.717, 1.165) is 17.7 Å². The van der Waals surface area contributed by atoms with Crippen LogP contribution >= 0.6 is 0 Å². The van der Waals surface area contributed by atoms with Crippen molar-refractivity contribution in [2.45, 2.75) is 39.3 Å². The summed E-state index contributed by atoms with van der Waals surface area (Å²) in [7, 11) is 0. The molecule has 0 aliphatic carbocycles. The zero-order valence-electron chi connectivity index (χ0n) is 13.5. The molecule has 1 aromatic heterocycles. The predicted molar refractivity (Wildman–Crippen MR) is 83.5 cm³/mol. The van der Waals surface area contributed by atoms with Gasteiger partial charge in [0.05, 0.1) is 12.8 Å². The van der Waals surface area contributed by atoms with E-state index in [1.165, 1.54) is 0 Å². The molecule has 2 N–H and O–H groups in total. The van der Waals surface area contributed by atoms with Gasteiger partial charge in [0.2, 0.25) is 0 Å². The lowest BCUT2D eigenvalue weighted by atomic mass is 10.1. The Morgan fingerprint density at radius 3 is 2.95 bits per heavy atom. The summed E-state index contributed by atoms with van der Waals surface area (Å²) >= 11 is 0. The number of aromatic nitrogens is 1. The van der Waals surface area contributed by atoms with Crippen molar-refractivity contribution in [3.05, 3.63) is 24.0 Å². The van der Waals surface area contributed by atoms with Crippen molar-refractivity contribution in [2.24, 2.45) is 11.7 Å². The molecule has 0 saturated carbocycles. The number of carbonyl (C=O) groups is 1. The van der Waals surface area contributed by atoms with E-state index < -0.39 is 5.60 Å². The number of rotatable bonds is 4. The average molecular weight is 307 g/mol. The lowest BCUT2D eigenvalue weighted by molar-refractivity contribution is 0.0284. The Labute approximate surface area is 131 Å². The molecule has 2 heterocycles. The molecule has 1 saturated heterocycles. The molecule has 0 spiro atoms. The minimum absolute atomic E-state index is 0.251. The lowest BCUT2D eigenvalue weighted by Crippen LogP contribution is -2.35. The number of nitrogens with two attached hydrogens (primary N) is 1. The van der Waals surface area contributed by atoms with Crippen LogP contribution in [0, 0.1) is 5.92 Å². The smallest absolute Gasteiger partial charge is 0.410 e. The Morgan fingerprint density at radius 1 is 1.50 bits per heavy atom. The summed E-state index contributed by atoms with van der Waals surface area (Å²) in [6.07, 6.45) is 4.05. The van der Waals surface area contributed by atoms with Crippen LogP contribution < -0.4 is 10.5 Å². The summed E-state index contributed by atoms with van der Waals surface area (Å²) < 4.78 is 11.2. The minimum atomic E-state index is -0.461. The van der Waals surface area contributed by atoms with Gasteiger partial charge in [-0.15, -0.1) is 0 Å². The highest BCUT2D eigenvalue weighted by Gasteiger charge is 2.30. The van der Waals surface area contributed by atoms with E-state index in [9.17, 15) is 4.79 Å². The van der Waals surface area contributed by atoms with Crippen molar-refractivity contribution in [1.82, 2.24) is 9.88 Å². The summed E-state index contributed by atoms with van der Waals surface area (Å²) in [6, 6.07) is 1.86. The number of hydrogen-bond acceptors (Lipinski definition) is 5. The molecule has 0 aromatic carbocycles. The van der Waals surface area contributed by atoms with Crippen molar-refractivity contribution < 1.29 is 14.3 Å². The first-order chi connectivity index (χ1) is 10.4. The molecular weight excluding hydrogens is 282 g/mol. The summed E-state index contributed by atoms with van der Waals surface area (Å²) in [4.78, 5) is 17.8. The summed E-state index contributed by atoms with van der Waals surface area (Å²) in [6.45, 7) is 7.96. The van der Waals surface area contributed by atoms with Crippen LogP contribution in [-0.2, 0) is 11.3 Å². The van der Waals surface area contributed by atoms with Gasteiger partial charge in [-0.05, 0) is 33.3 Å². The first-order valence-corrected chi connectivity index (χ1v) is 7.62. The second-order valence-electron chi connectivity index (χ2n) is 6.58. The normalized spacial score (nSPS) is 18.4. The van der Waals surface area contributed by atoms with E-state index in [1.807, 2.05) is 26.8 Å². The molecule has 0 radical (unpaired) electrons. The van der Waals surface area contributed by atoms with Crippen molar-refractivity contribution in [2.75, 3.05) is 19.7 Å². The SMILES string of the molecule is CC(C)(C)OC(=O)N1CC[C@H](COc2cnccc2CN)C1. The third-order valence-corrected chi connectivity index (χ3v) is 3.50. The molecule has 2 rings (SSSR count). The van der Waals surface area contributed by atoms with Gasteiger partial charge in [-0.3, -0.25) is 4.98 Å². The molecular formula is C16H25N3O3. The first-order valence-electron chi connectivity index (χ1n) is 7.62. The molecule has 0 bridgehead atoms. The number of ether oxygens (including phenoxy) is 2. The van der Waals surface area contributed by atoms with Crippen molar-refractivity contribution >= 4 is 6.09 Å². The van der Waals surface area contributed by atoms with Crippen LogP contribution in [0.15, 0.2) is 18.5 Å². The standard InChI is InChI=1S/C16H25N3O3/c1-16(2,3)22-15(20)19-7-5-12(10-19)11-21-14-9-18-6-4-13(14)8-17/h4,6,9,12H,5,7-8,10-11,17H2,1-3H3/t12-/m0/s1. The molecule has 1 aromatic rings. The fourth-order valence-electron chi connectivity index (χ4n) is 2.38. The van der Waals surface area contributed by atoms with E-state index in [2.05, 4.69) is 4.98 Å². The monoisotopic (exact) mass is 307 g/mol. The fourth-order valence-corrected chi connectivity index (χ4v) is 2.38. The molecule has 0 unspecified atom stereocenters. The van der Waals surface area contributed by atoms with Crippen LogP contribution in [0.25, 0.3) is 0 Å². The predicted octanol–water partition coefficient (Wildman–Crippen LogP) is 2.18. The lowest BCUT2D eigenvalue weighted by Gasteiger charge is -2.24. The molecule has 1 aliphatic heterocycles. The van der Waals surface area contributed by atoms with Gasteiger partial charge < -0.3 is 20.1 Å². The molecule has 122 valence electrons. The molecule has 6 nitrogen and oxygen atoms in total. The van der Waals surface area contributed by atoms with Gasteiger partial charge >= 0.3 is 6.09 Å². The summed E-state index contributed by atoms with van der Waals surface area (Å²) in [5.41, 5.74) is 6.16. The highest BCUT2D eigenvalue weighted by molar-refractivity contribution is 5.68. The molecule has 6 heteroatoms.